The number of ketones is 1. The molecule has 4 atom stereocenters. The fraction of sp³-hybridized carbons (Fsp3) is 0.478. The van der Waals surface area contributed by atoms with E-state index in [0.29, 0.717) is 23.5 Å². The van der Waals surface area contributed by atoms with Crippen molar-refractivity contribution in [2.45, 2.75) is 51.4 Å². The first kappa shape index (κ1) is 15.3. The number of benzene rings is 1. The summed E-state index contributed by atoms with van der Waals surface area (Å²) < 4.78 is 0. The molecule has 2 heteroatoms. The predicted molar refractivity (Wildman–Crippen MR) is 99.3 cm³/mol. The number of carbonyl (C=O) groups excluding carboxylic acids is 1. The molecule has 1 aromatic heterocycles. The van der Waals surface area contributed by atoms with E-state index in [0.717, 1.165) is 25.7 Å². The Kier molecular flexibility index (Phi) is 3.38. The number of hydrogen-bond donors (Lipinski definition) is 0. The minimum Gasteiger partial charge on any atom is -0.299 e. The van der Waals surface area contributed by atoms with Crippen LogP contribution in [0.15, 0.2) is 42.7 Å². The van der Waals surface area contributed by atoms with Gasteiger partial charge in [0.1, 0.15) is 5.78 Å². The summed E-state index contributed by atoms with van der Waals surface area (Å²) in [4.78, 5) is 16.7. The van der Waals surface area contributed by atoms with Crippen molar-refractivity contribution < 1.29 is 4.79 Å². The summed E-state index contributed by atoms with van der Waals surface area (Å²) in [6.07, 6.45) is 10.4. The van der Waals surface area contributed by atoms with Crippen molar-refractivity contribution in [1.29, 1.82) is 0 Å². The summed E-state index contributed by atoms with van der Waals surface area (Å²) in [7, 11) is 0. The van der Waals surface area contributed by atoms with E-state index in [4.69, 9.17) is 0 Å². The molecule has 3 aliphatic rings. The number of pyridine rings is 1. The molecule has 0 saturated heterocycles. The SMILES string of the molecule is C[C@]12CC[C@@H]3c4ccc(-c5cccnc5)cc4CC[C@H]3[C@@H]1CCC2=O. The molecule has 2 saturated carbocycles. The van der Waals surface area contributed by atoms with Crippen molar-refractivity contribution in [2.24, 2.45) is 17.3 Å². The lowest BCUT2D eigenvalue weighted by molar-refractivity contribution is -0.129. The first-order chi connectivity index (χ1) is 12.2. The van der Waals surface area contributed by atoms with Crippen LogP contribution in [0.1, 0.15) is 56.1 Å². The van der Waals surface area contributed by atoms with Crippen LogP contribution in [0.25, 0.3) is 11.1 Å². The highest BCUT2D eigenvalue weighted by atomic mass is 16.1. The van der Waals surface area contributed by atoms with E-state index in [1.807, 2.05) is 18.5 Å². The van der Waals surface area contributed by atoms with Crippen LogP contribution in [0.4, 0.5) is 0 Å². The van der Waals surface area contributed by atoms with Crippen LogP contribution in [-0.4, -0.2) is 10.8 Å². The van der Waals surface area contributed by atoms with Gasteiger partial charge in [-0.3, -0.25) is 9.78 Å². The first-order valence-electron chi connectivity index (χ1n) is 9.73. The van der Waals surface area contributed by atoms with Gasteiger partial charge >= 0.3 is 0 Å². The van der Waals surface area contributed by atoms with Crippen LogP contribution in [0.3, 0.4) is 0 Å². The highest BCUT2D eigenvalue weighted by molar-refractivity contribution is 5.87. The number of rotatable bonds is 1. The standard InChI is InChI=1S/C23H25NO/c1-23-11-10-19-18-6-4-15(17-3-2-12-24-14-17)13-16(18)5-7-20(19)21(23)8-9-22(23)25/h2-4,6,12-14,19-21H,5,7-11H2,1H3/t19-,20-,21+,23+/m1/s1. The normalized spacial score (nSPS) is 33.5. The van der Waals surface area contributed by atoms with Gasteiger partial charge in [0.15, 0.2) is 0 Å². The largest absolute Gasteiger partial charge is 0.299 e. The summed E-state index contributed by atoms with van der Waals surface area (Å²) >= 11 is 0. The van der Waals surface area contributed by atoms with Gasteiger partial charge < -0.3 is 0 Å². The van der Waals surface area contributed by atoms with E-state index in [1.54, 1.807) is 5.56 Å². The van der Waals surface area contributed by atoms with E-state index in [9.17, 15) is 4.79 Å². The Hall–Kier alpha value is -1.96. The quantitative estimate of drug-likeness (QED) is 0.721. The third-order valence-electron chi connectivity index (χ3n) is 7.43. The van der Waals surface area contributed by atoms with Gasteiger partial charge in [-0.05, 0) is 78.2 Å². The van der Waals surface area contributed by atoms with Gasteiger partial charge in [0.25, 0.3) is 0 Å². The number of carbonyl (C=O) groups is 1. The second-order valence-electron chi connectivity index (χ2n) is 8.49. The van der Waals surface area contributed by atoms with Crippen LogP contribution in [0, 0.1) is 17.3 Å². The number of fused-ring (bicyclic) bond motifs is 5. The Morgan fingerprint density at radius 2 is 2.00 bits per heavy atom. The van der Waals surface area contributed by atoms with Crippen molar-refractivity contribution in [2.75, 3.05) is 0 Å². The molecule has 0 radical (unpaired) electrons. The van der Waals surface area contributed by atoms with Crippen LogP contribution in [-0.2, 0) is 11.2 Å². The lowest BCUT2D eigenvalue weighted by atomic mass is 9.55. The molecule has 1 heterocycles. The van der Waals surface area contributed by atoms with Gasteiger partial charge in [-0.25, -0.2) is 0 Å². The molecule has 0 aliphatic heterocycles. The highest BCUT2D eigenvalue weighted by Crippen LogP contribution is 2.59. The summed E-state index contributed by atoms with van der Waals surface area (Å²) in [6.45, 7) is 2.25. The summed E-state index contributed by atoms with van der Waals surface area (Å²) in [5.41, 5.74) is 5.54. The molecular weight excluding hydrogens is 306 g/mol. The second kappa shape index (κ2) is 5.52. The molecule has 0 bridgehead atoms. The zero-order valence-corrected chi connectivity index (χ0v) is 14.9. The van der Waals surface area contributed by atoms with Gasteiger partial charge in [0.05, 0.1) is 0 Å². The minimum atomic E-state index is -0.0195. The van der Waals surface area contributed by atoms with Gasteiger partial charge in [-0.1, -0.05) is 31.2 Å². The Bertz CT molecular complexity index is 827. The van der Waals surface area contributed by atoms with Crippen LogP contribution >= 0.6 is 0 Å². The van der Waals surface area contributed by atoms with Gasteiger partial charge in [-0.2, -0.15) is 0 Å². The topological polar surface area (TPSA) is 30.0 Å². The fourth-order valence-electron chi connectivity index (χ4n) is 6.07. The van der Waals surface area contributed by atoms with Gasteiger partial charge in [0, 0.05) is 24.2 Å². The van der Waals surface area contributed by atoms with E-state index >= 15 is 0 Å². The lowest BCUT2D eigenvalue weighted by Gasteiger charge is -2.48. The molecule has 2 aromatic rings. The zero-order valence-electron chi connectivity index (χ0n) is 14.9. The van der Waals surface area contributed by atoms with Gasteiger partial charge in [0.2, 0.25) is 0 Å². The monoisotopic (exact) mass is 331 g/mol. The van der Waals surface area contributed by atoms with E-state index in [-0.39, 0.29) is 5.41 Å². The summed E-state index contributed by atoms with van der Waals surface area (Å²) in [6, 6.07) is 11.2. The number of nitrogens with zero attached hydrogens (tertiary/aromatic N) is 1. The number of hydrogen-bond acceptors (Lipinski definition) is 2. The fourth-order valence-corrected chi connectivity index (χ4v) is 6.07. The van der Waals surface area contributed by atoms with Crippen molar-refractivity contribution in [3.05, 3.63) is 53.9 Å². The lowest BCUT2D eigenvalue weighted by Crippen LogP contribution is -2.42. The smallest absolute Gasteiger partial charge is 0.139 e. The average Bonchev–Trinajstić information content (AvgIpc) is 2.97. The molecule has 0 N–H and O–H groups in total. The van der Waals surface area contributed by atoms with Crippen molar-refractivity contribution >= 4 is 5.78 Å². The van der Waals surface area contributed by atoms with Crippen molar-refractivity contribution in [3.8, 4) is 11.1 Å². The maximum absolute atomic E-state index is 12.4. The number of Topliss-reactive ketones (excluding diaryl/α,β-unsaturated/α-hetero) is 1. The zero-order chi connectivity index (χ0) is 17.0. The molecule has 1 aromatic carbocycles. The average molecular weight is 331 g/mol. The molecule has 2 fully saturated rings. The molecule has 0 spiro atoms. The van der Waals surface area contributed by atoms with Crippen LogP contribution < -0.4 is 0 Å². The molecule has 25 heavy (non-hydrogen) atoms. The first-order valence-corrected chi connectivity index (χ1v) is 9.73. The Morgan fingerprint density at radius 3 is 2.84 bits per heavy atom. The molecule has 0 amide bonds. The van der Waals surface area contributed by atoms with Crippen LogP contribution in [0.5, 0.6) is 0 Å². The van der Waals surface area contributed by atoms with E-state index < -0.39 is 0 Å². The summed E-state index contributed by atoms with van der Waals surface area (Å²) in [5.74, 6) is 2.52. The third-order valence-corrected chi connectivity index (χ3v) is 7.43. The maximum Gasteiger partial charge on any atom is 0.139 e. The maximum atomic E-state index is 12.4. The molecule has 128 valence electrons. The van der Waals surface area contributed by atoms with E-state index in [2.05, 4.69) is 36.2 Å². The third kappa shape index (κ3) is 2.23. The highest BCUT2D eigenvalue weighted by Gasteiger charge is 2.54. The van der Waals surface area contributed by atoms with Crippen molar-refractivity contribution in [3.63, 3.8) is 0 Å². The number of aryl methyl sites for hydroxylation is 1. The predicted octanol–water partition coefficient (Wildman–Crippen LogP) is 5.17. The second-order valence-corrected chi connectivity index (χ2v) is 8.49. The molecule has 0 unspecified atom stereocenters. The van der Waals surface area contributed by atoms with Gasteiger partial charge in [-0.15, -0.1) is 0 Å². The van der Waals surface area contributed by atoms with E-state index in [1.165, 1.54) is 29.5 Å². The minimum absolute atomic E-state index is 0.0195. The Balaban J connectivity index is 1.50. The Labute approximate surface area is 149 Å². The number of aromatic nitrogens is 1. The molecule has 5 rings (SSSR count). The van der Waals surface area contributed by atoms with Crippen LogP contribution in [0.2, 0.25) is 0 Å². The van der Waals surface area contributed by atoms with Crippen molar-refractivity contribution in [1.82, 2.24) is 4.98 Å². The Morgan fingerprint density at radius 1 is 1.08 bits per heavy atom. The molecule has 3 aliphatic carbocycles. The molecular formula is C23H25NO. The summed E-state index contributed by atoms with van der Waals surface area (Å²) in [5, 5.41) is 0. The molecule has 2 nitrogen and oxygen atoms in total.